The Hall–Kier alpha value is -0.580. The van der Waals surface area contributed by atoms with Crippen molar-refractivity contribution >= 4 is 0 Å². The van der Waals surface area contributed by atoms with Gasteiger partial charge in [0.25, 0.3) is 0 Å². The molecule has 19 heavy (non-hydrogen) atoms. The van der Waals surface area contributed by atoms with Crippen LogP contribution in [0.1, 0.15) is 40.0 Å². The molecule has 0 amide bonds. The van der Waals surface area contributed by atoms with Crippen LogP contribution in [0, 0.1) is 5.92 Å². The van der Waals surface area contributed by atoms with Crippen molar-refractivity contribution in [1.82, 2.24) is 15.8 Å². The molecule has 1 aliphatic heterocycles. The summed E-state index contributed by atoms with van der Waals surface area (Å²) in [7, 11) is 2.15. The van der Waals surface area contributed by atoms with E-state index in [9.17, 15) is 0 Å². The zero-order chi connectivity index (χ0) is 14.1. The van der Waals surface area contributed by atoms with Crippen molar-refractivity contribution in [1.29, 1.82) is 0 Å². The summed E-state index contributed by atoms with van der Waals surface area (Å²) in [5.41, 5.74) is 7.51. The number of nitrogens with zero attached hydrogens (tertiary/aromatic N) is 1. The van der Waals surface area contributed by atoms with Crippen LogP contribution in [0.5, 0.6) is 0 Å². The van der Waals surface area contributed by atoms with Gasteiger partial charge in [-0.25, -0.2) is 0 Å². The predicted molar refractivity (Wildman–Crippen MR) is 78.7 cm³/mol. The molecule has 0 aromatic carbocycles. The number of hydrogen-bond acceptors (Lipinski definition) is 4. The highest BCUT2D eigenvalue weighted by Gasteiger charge is 2.57. The van der Waals surface area contributed by atoms with Gasteiger partial charge in [-0.1, -0.05) is 27.4 Å². The van der Waals surface area contributed by atoms with Crippen molar-refractivity contribution in [3.05, 3.63) is 12.3 Å². The van der Waals surface area contributed by atoms with Crippen LogP contribution in [0.25, 0.3) is 0 Å². The Morgan fingerprint density at radius 2 is 2.05 bits per heavy atom. The molecule has 4 nitrogen and oxygen atoms in total. The number of hydrazine groups is 1. The van der Waals surface area contributed by atoms with E-state index in [0.717, 1.165) is 44.6 Å². The fourth-order valence-corrected chi connectivity index (χ4v) is 3.25. The zero-order valence-electron chi connectivity index (χ0n) is 12.9. The maximum atomic E-state index is 6.57. The van der Waals surface area contributed by atoms with Crippen LogP contribution >= 0.6 is 0 Å². The first-order valence-electron chi connectivity index (χ1n) is 7.49. The topological polar surface area (TPSA) is 36.5 Å². The third kappa shape index (κ3) is 3.12. The first kappa shape index (κ1) is 14.8. The van der Waals surface area contributed by atoms with E-state index in [1.807, 2.05) is 0 Å². The molecule has 0 radical (unpaired) electrons. The van der Waals surface area contributed by atoms with Crippen LogP contribution in [0.15, 0.2) is 12.3 Å². The Balaban J connectivity index is 2.10. The van der Waals surface area contributed by atoms with Gasteiger partial charge in [-0.05, 0) is 25.2 Å². The standard InChI is InChI=1S/C15H29N3O/c1-6-16-17-10-14(9-12(2)3)11-18(5)13(4)15(19-14)7-8-15/h12,16-17H,4,6-11H2,1-3,5H3. The smallest absolute Gasteiger partial charge is 0.108 e. The molecule has 2 N–H and O–H groups in total. The molecule has 2 fully saturated rings. The summed E-state index contributed by atoms with van der Waals surface area (Å²) >= 11 is 0. The second-order valence-corrected chi connectivity index (χ2v) is 6.56. The molecule has 1 saturated heterocycles. The minimum atomic E-state index is -0.108. The number of nitrogens with one attached hydrogen (secondary N) is 2. The monoisotopic (exact) mass is 267 g/mol. The second-order valence-electron chi connectivity index (χ2n) is 6.56. The first-order chi connectivity index (χ1) is 8.93. The molecule has 4 heteroatoms. The summed E-state index contributed by atoms with van der Waals surface area (Å²) in [4.78, 5) is 2.30. The highest BCUT2D eigenvalue weighted by atomic mass is 16.5. The van der Waals surface area contributed by atoms with Gasteiger partial charge in [0.1, 0.15) is 11.2 Å². The van der Waals surface area contributed by atoms with Gasteiger partial charge in [-0.2, -0.15) is 0 Å². The highest BCUT2D eigenvalue weighted by molar-refractivity contribution is 5.25. The molecule has 0 aromatic heterocycles. The van der Waals surface area contributed by atoms with Gasteiger partial charge in [0, 0.05) is 32.4 Å². The predicted octanol–water partition coefficient (Wildman–Crippen LogP) is 1.89. The Morgan fingerprint density at radius 1 is 1.37 bits per heavy atom. The normalized spacial score (nSPS) is 29.3. The summed E-state index contributed by atoms with van der Waals surface area (Å²) in [5, 5.41) is 0. The Labute approximate surface area is 117 Å². The van der Waals surface area contributed by atoms with Gasteiger partial charge >= 0.3 is 0 Å². The van der Waals surface area contributed by atoms with E-state index in [-0.39, 0.29) is 11.2 Å². The molecule has 1 spiro atoms. The maximum absolute atomic E-state index is 6.57. The summed E-state index contributed by atoms with van der Waals surface area (Å²) in [6.07, 6.45) is 3.32. The third-order valence-corrected chi connectivity index (χ3v) is 4.12. The number of hydrogen-bond donors (Lipinski definition) is 2. The molecular weight excluding hydrogens is 238 g/mol. The number of ether oxygens (including phenoxy) is 1. The van der Waals surface area contributed by atoms with E-state index in [1.165, 1.54) is 0 Å². The molecule has 1 atom stereocenters. The van der Waals surface area contributed by atoms with Gasteiger partial charge in [0.15, 0.2) is 0 Å². The van der Waals surface area contributed by atoms with Crippen molar-refractivity contribution in [2.24, 2.45) is 5.92 Å². The van der Waals surface area contributed by atoms with Crippen LogP contribution in [0.3, 0.4) is 0 Å². The van der Waals surface area contributed by atoms with Crippen molar-refractivity contribution in [3.8, 4) is 0 Å². The van der Waals surface area contributed by atoms with E-state index >= 15 is 0 Å². The highest BCUT2D eigenvalue weighted by Crippen LogP contribution is 2.52. The molecule has 1 aliphatic carbocycles. The van der Waals surface area contributed by atoms with Gasteiger partial charge < -0.3 is 9.64 Å². The van der Waals surface area contributed by atoms with E-state index < -0.39 is 0 Å². The fourth-order valence-electron chi connectivity index (χ4n) is 3.25. The van der Waals surface area contributed by atoms with E-state index in [0.29, 0.717) is 5.92 Å². The summed E-state index contributed by atoms with van der Waals surface area (Å²) < 4.78 is 6.57. The number of rotatable bonds is 6. The minimum Gasteiger partial charge on any atom is -0.373 e. The summed E-state index contributed by atoms with van der Waals surface area (Å²) in [5.74, 6) is 0.624. The molecule has 0 bridgehead atoms. The molecule has 0 aromatic rings. The van der Waals surface area contributed by atoms with Crippen molar-refractivity contribution in [2.45, 2.75) is 51.2 Å². The lowest BCUT2D eigenvalue weighted by Crippen LogP contribution is -2.60. The third-order valence-electron chi connectivity index (χ3n) is 4.12. The summed E-state index contributed by atoms with van der Waals surface area (Å²) in [6, 6.07) is 0. The molecule has 2 rings (SSSR count). The lowest BCUT2D eigenvalue weighted by atomic mass is 9.89. The van der Waals surface area contributed by atoms with Crippen LogP contribution in [-0.2, 0) is 4.74 Å². The largest absolute Gasteiger partial charge is 0.373 e. The average Bonchev–Trinajstić information content (AvgIpc) is 3.06. The quantitative estimate of drug-likeness (QED) is 0.569. The van der Waals surface area contributed by atoms with E-state index in [1.54, 1.807) is 0 Å². The molecule has 1 saturated carbocycles. The first-order valence-corrected chi connectivity index (χ1v) is 7.49. The average molecular weight is 267 g/mol. The Kier molecular flexibility index (Phi) is 4.23. The summed E-state index contributed by atoms with van der Waals surface area (Å²) in [6.45, 7) is 13.5. The van der Waals surface area contributed by atoms with Crippen molar-refractivity contribution in [3.63, 3.8) is 0 Å². The Bertz CT molecular complexity index is 338. The Morgan fingerprint density at radius 3 is 2.58 bits per heavy atom. The zero-order valence-corrected chi connectivity index (χ0v) is 12.9. The van der Waals surface area contributed by atoms with Crippen molar-refractivity contribution in [2.75, 3.05) is 26.7 Å². The molecule has 110 valence electrons. The van der Waals surface area contributed by atoms with Gasteiger partial charge in [-0.3, -0.25) is 10.9 Å². The molecular formula is C15H29N3O. The van der Waals surface area contributed by atoms with Crippen LogP contribution in [0.2, 0.25) is 0 Å². The fraction of sp³-hybridized carbons (Fsp3) is 0.867. The van der Waals surface area contributed by atoms with Crippen LogP contribution in [-0.4, -0.2) is 42.8 Å². The molecule has 1 unspecified atom stereocenters. The van der Waals surface area contributed by atoms with Crippen LogP contribution < -0.4 is 10.9 Å². The second kappa shape index (κ2) is 5.43. The number of morpholine rings is 1. The van der Waals surface area contributed by atoms with Crippen LogP contribution in [0.4, 0.5) is 0 Å². The molecule has 2 aliphatic rings. The molecule has 1 heterocycles. The van der Waals surface area contributed by atoms with E-state index in [4.69, 9.17) is 4.74 Å². The van der Waals surface area contributed by atoms with Gasteiger partial charge in [0.05, 0.1) is 0 Å². The SMILES string of the molecule is C=C1N(C)CC(CNNCC)(CC(C)C)OC12CC2. The van der Waals surface area contributed by atoms with E-state index in [2.05, 4.69) is 50.1 Å². The lowest BCUT2D eigenvalue weighted by molar-refractivity contribution is -0.148. The number of likely N-dealkylation sites (N-methyl/N-ethyl adjacent to an activating group) is 1. The van der Waals surface area contributed by atoms with Gasteiger partial charge in [-0.15, -0.1) is 0 Å². The maximum Gasteiger partial charge on any atom is 0.108 e. The van der Waals surface area contributed by atoms with Gasteiger partial charge in [0.2, 0.25) is 0 Å². The minimum absolute atomic E-state index is 0.0597. The van der Waals surface area contributed by atoms with Crippen molar-refractivity contribution < 1.29 is 4.74 Å². The lowest BCUT2D eigenvalue weighted by Gasteiger charge is -2.48.